The number of benzene rings is 2. The number of nitriles is 1. The first-order chi connectivity index (χ1) is 17.4. The van der Waals surface area contributed by atoms with E-state index in [0.717, 1.165) is 27.9 Å². The van der Waals surface area contributed by atoms with Crippen molar-refractivity contribution in [2.24, 2.45) is 0 Å². The largest absolute Gasteiger partial charge is 0.395 e. The van der Waals surface area contributed by atoms with E-state index >= 15 is 0 Å². The van der Waals surface area contributed by atoms with Crippen LogP contribution in [0.2, 0.25) is 0 Å². The van der Waals surface area contributed by atoms with Crippen LogP contribution in [0.15, 0.2) is 60.8 Å². The minimum absolute atomic E-state index is 0.00437. The molecule has 1 aliphatic rings. The number of carbonyl (C=O) groups is 2. The maximum atomic E-state index is 12.5. The fourth-order valence-electron chi connectivity index (χ4n) is 4.64. The molecule has 0 saturated heterocycles. The van der Waals surface area contributed by atoms with Crippen molar-refractivity contribution in [2.45, 2.75) is 38.8 Å². The average molecular weight is 484 g/mol. The van der Waals surface area contributed by atoms with Gasteiger partial charge in [-0.3, -0.25) is 9.59 Å². The van der Waals surface area contributed by atoms with Gasteiger partial charge in [0.2, 0.25) is 11.8 Å². The van der Waals surface area contributed by atoms with E-state index in [0.29, 0.717) is 17.8 Å². The summed E-state index contributed by atoms with van der Waals surface area (Å²) in [5, 5.41) is 24.1. The molecule has 4 rings (SSSR count). The Bertz CT molecular complexity index is 1280. The number of aliphatic hydroxyl groups is 1. The van der Waals surface area contributed by atoms with Crippen molar-refractivity contribution in [2.75, 3.05) is 23.4 Å². The summed E-state index contributed by atoms with van der Waals surface area (Å²) in [6.45, 7) is 3.78. The Kier molecular flexibility index (Phi) is 7.62. The summed E-state index contributed by atoms with van der Waals surface area (Å²) in [6, 6.07) is 19.4. The number of rotatable bonds is 7. The molecule has 0 saturated carbocycles. The number of hydrogen-bond donors (Lipinski definition) is 3. The van der Waals surface area contributed by atoms with E-state index in [1.807, 2.05) is 48.2 Å². The molecule has 0 bridgehead atoms. The molecule has 0 fully saturated rings. The van der Waals surface area contributed by atoms with Crippen molar-refractivity contribution in [1.82, 2.24) is 10.3 Å². The smallest absolute Gasteiger partial charge is 0.224 e. The van der Waals surface area contributed by atoms with E-state index in [-0.39, 0.29) is 43.5 Å². The minimum atomic E-state index is -0.130. The van der Waals surface area contributed by atoms with Gasteiger partial charge in [-0.05, 0) is 59.9 Å². The Morgan fingerprint density at radius 1 is 1.14 bits per heavy atom. The molecule has 1 aliphatic heterocycles. The van der Waals surface area contributed by atoms with Crippen LogP contribution < -0.4 is 15.5 Å². The van der Waals surface area contributed by atoms with Crippen LogP contribution in [0.3, 0.4) is 0 Å². The second kappa shape index (κ2) is 11.0. The van der Waals surface area contributed by atoms with Crippen LogP contribution in [-0.2, 0) is 16.0 Å². The lowest BCUT2D eigenvalue weighted by molar-refractivity contribution is -0.120. The summed E-state index contributed by atoms with van der Waals surface area (Å²) in [4.78, 5) is 30.6. The highest BCUT2D eigenvalue weighted by Crippen LogP contribution is 2.41. The number of aromatic nitrogens is 1. The number of amides is 2. The second-order valence-corrected chi connectivity index (χ2v) is 8.94. The Morgan fingerprint density at radius 3 is 2.53 bits per heavy atom. The molecule has 2 atom stereocenters. The maximum absolute atomic E-state index is 12.5. The Labute approximate surface area is 210 Å². The van der Waals surface area contributed by atoms with E-state index in [1.54, 1.807) is 25.3 Å². The van der Waals surface area contributed by atoms with Crippen LogP contribution in [0.25, 0.3) is 11.1 Å². The summed E-state index contributed by atoms with van der Waals surface area (Å²) in [7, 11) is 0. The lowest BCUT2D eigenvalue weighted by atomic mass is 9.89. The summed E-state index contributed by atoms with van der Waals surface area (Å²) >= 11 is 0. The normalized spacial score (nSPS) is 16.6. The van der Waals surface area contributed by atoms with Crippen molar-refractivity contribution >= 4 is 23.3 Å². The van der Waals surface area contributed by atoms with E-state index < -0.39 is 0 Å². The quantitative estimate of drug-likeness (QED) is 0.473. The number of hydrogen-bond acceptors (Lipinski definition) is 6. The van der Waals surface area contributed by atoms with Gasteiger partial charge in [-0.1, -0.05) is 30.3 Å². The SMILES string of the molecule is CC(=O)N1c2ccc(-c3ccc(CC(=O)NCCO)cc3)cc2[C@H](Nc2ccc(C#N)cn2)C[C@@H]1C. The topological polar surface area (TPSA) is 118 Å². The molecule has 8 heteroatoms. The van der Waals surface area contributed by atoms with Gasteiger partial charge in [0, 0.05) is 31.4 Å². The molecule has 2 amide bonds. The zero-order valence-electron chi connectivity index (χ0n) is 20.4. The van der Waals surface area contributed by atoms with Crippen LogP contribution in [0.1, 0.15) is 43.0 Å². The summed E-state index contributed by atoms with van der Waals surface area (Å²) in [5.74, 6) is 0.535. The van der Waals surface area contributed by atoms with Gasteiger partial charge in [-0.15, -0.1) is 0 Å². The van der Waals surface area contributed by atoms with E-state index in [2.05, 4.69) is 27.8 Å². The maximum Gasteiger partial charge on any atom is 0.224 e. The third kappa shape index (κ3) is 5.53. The molecular weight excluding hydrogens is 454 g/mol. The van der Waals surface area contributed by atoms with E-state index in [9.17, 15) is 9.59 Å². The zero-order valence-corrected chi connectivity index (χ0v) is 20.4. The molecule has 1 aromatic heterocycles. The summed E-state index contributed by atoms with van der Waals surface area (Å²) in [6.07, 6.45) is 2.50. The second-order valence-electron chi connectivity index (χ2n) is 8.94. The predicted octanol–water partition coefficient (Wildman–Crippen LogP) is 3.57. The fourth-order valence-corrected chi connectivity index (χ4v) is 4.64. The van der Waals surface area contributed by atoms with Gasteiger partial charge in [-0.2, -0.15) is 5.26 Å². The first kappa shape index (κ1) is 24.9. The highest BCUT2D eigenvalue weighted by atomic mass is 16.3. The van der Waals surface area contributed by atoms with Gasteiger partial charge < -0.3 is 20.6 Å². The van der Waals surface area contributed by atoms with Crippen molar-refractivity contribution in [3.05, 3.63) is 77.5 Å². The standard InChI is InChI=1S/C28H29N5O3/c1-18-13-25(32-27-10-5-21(16-29)17-31-27)24-15-23(8-9-26(24)33(18)19(2)35)22-6-3-20(4-7-22)14-28(36)30-11-12-34/h3-10,15,17-18,25,34H,11-14H2,1-2H3,(H,30,36)(H,31,32)/t18-,25+/m0/s1. The summed E-state index contributed by atoms with van der Waals surface area (Å²) in [5.41, 5.74) is 5.25. The molecular formula is C28H29N5O3. The highest BCUT2D eigenvalue weighted by Gasteiger charge is 2.32. The first-order valence-corrected chi connectivity index (χ1v) is 11.9. The van der Waals surface area contributed by atoms with Gasteiger partial charge in [0.05, 0.1) is 24.6 Å². The van der Waals surface area contributed by atoms with Crippen molar-refractivity contribution in [1.29, 1.82) is 5.26 Å². The lowest BCUT2D eigenvalue weighted by Gasteiger charge is -2.39. The molecule has 36 heavy (non-hydrogen) atoms. The molecule has 2 heterocycles. The average Bonchev–Trinajstić information content (AvgIpc) is 2.88. The van der Waals surface area contributed by atoms with Gasteiger partial charge in [0.1, 0.15) is 11.9 Å². The minimum Gasteiger partial charge on any atom is -0.395 e. The zero-order chi connectivity index (χ0) is 25.7. The van der Waals surface area contributed by atoms with Crippen LogP contribution in [0.5, 0.6) is 0 Å². The number of fused-ring (bicyclic) bond motifs is 1. The summed E-state index contributed by atoms with van der Waals surface area (Å²) < 4.78 is 0. The Hall–Kier alpha value is -4.22. The van der Waals surface area contributed by atoms with Crippen LogP contribution in [0.4, 0.5) is 11.5 Å². The third-order valence-corrected chi connectivity index (χ3v) is 6.32. The molecule has 0 spiro atoms. The fraction of sp³-hybridized carbons (Fsp3) is 0.286. The number of aliphatic hydroxyl groups excluding tert-OH is 1. The number of pyridine rings is 1. The Balaban J connectivity index is 1.63. The third-order valence-electron chi connectivity index (χ3n) is 6.32. The highest BCUT2D eigenvalue weighted by molar-refractivity contribution is 5.94. The van der Waals surface area contributed by atoms with Gasteiger partial charge in [0.15, 0.2) is 0 Å². The molecule has 3 aromatic rings. The predicted molar refractivity (Wildman–Crippen MR) is 138 cm³/mol. The molecule has 184 valence electrons. The van der Waals surface area contributed by atoms with Crippen molar-refractivity contribution < 1.29 is 14.7 Å². The van der Waals surface area contributed by atoms with Gasteiger partial charge in [0.25, 0.3) is 0 Å². The monoisotopic (exact) mass is 483 g/mol. The molecule has 3 N–H and O–H groups in total. The molecule has 2 aromatic carbocycles. The van der Waals surface area contributed by atoms with Crippen molar-refractivity contribution in [3.8, 4) is 17.2 Å². The molecule has 0 aliphatic carbocycles. The number of carbonyl (C=O) groups excluding carboxylic acids is 2. The lowest BCUT2D eigenvalue weighted by Crippen LogP contribution is -2.43. The number of nitrogens with one attached hydrogen (secondary N) is 2. The van der Waals surface area contributed by atoms with E-state index in [4.69, 9.17) is 10.4 Å². The van der Waals surface area contributed by atoms with E-state index in [1.165, 1.54) is 0 Å². The van der Waals surface area contributed by atoms with Crippen LogP contribution >= 0.6 is 0 Å². The van der Waals surface area contributed by atoms with Crippen LogP contribution in [-0.4, -0.2) is 41.1 Å². The van der Waals surface area contributed by atoms with Gasteiger partial charge in [-0.25, -0.2) is 4.98 Å². The molecule has 0 radical (unpaired) electrons. The number of nitrogens with zero attached hydrogens (tertiary/aromatic N) is 3. The van der Waals surface area contributed by atoms with Crippen molar-refractivity contribution in [3.63, 3.8) is 0 Å². The Morgan fingerprint density at radius 2 is 1.89 bits per heavy atom. The number of anilines is 2. The molecule has 0 unspecified atom stereocenters. The van der Waals surface area contributed by atoms with Crippen LogP contribution in [0, 0.1) is 11.3 Å². The first-order valence-electron chi connectivity index (χ1n) is 11.9. The van der Waals surface area contributed by atoms with Gasteiger partial charge >= 0.3 is 0 Å². The molecule has 8 nitrogen and oxygen atoms in total.